The van der Waals surface area contributed by atoms with Crippen molar-refractivity contribution in [1.82, 2.24) is 4.72 Å². The van der Waals surface area contributed by atoms with E-state index in [9.17, 15) is 13.2 Å². The van der Waals surface area contributed by atoms with Gasteiger partial charge in [0.25, 0.3) is 0 Å². The third-order valence-electron chi connectivity index (χ3n) is 4.49. The second-order valence-corrected chi connectivity index (χ2v) is 8.03. The van der Waals surface area contributed by atoms with E-state index in [2.05, 4.69) is 4.72 Å². The van der Waals surface area contributed by atoms with E-state index < -0.39 is 10.0 Å². The number of carbonyl (C=O) groups is 1. The van der Waals surface area contributed by atoms with Crippen molar-refractivity contribution < 1.29 is 13.2 Å². The highest BCUT2D eigenvalue weighted by Gasteiger charge is 2.24. The Hall–Kier alpha value is -2.18. The molecular formula is C19H22N2O3S. The van der Waals surface area contributed by atoms with Gasteiger partial charge in [-0.15, -0.1) is 0 Å². The maximum absolute atomic E-state index is 12.7. The first-order valence-corrected chi connectivity index (χ1v) is 9.85. The van der Waals surface area contributed by atoms with E-state index in [0.717, 1.165) is 29.7 Å². The summed E-state index contributed by atoms with van der Waals surface area (Å²) in [5.41, 5.74) is 2.62. The monoisotopic (exact) mass is 358 g/mol. The number of amides is 1. The molecule has 5 nitrogen and oxygen atoms in total. The maximum atomic E-state index is 12.7. The SMILES string of the molecule is CC(=O)N1CCCc2cc(S(=O)(=O)NC(C)c3ccccc3)ccc21. The van der Waals surface area contributed by atoms with Crippen LogP contribution in [0.5, 0.6) is 0 Å². The predicted molar refractivity (Wildman–Crippen MR) is 98.0 cm³/mol. The van der Waals surface area contributed by atoms with E-state index in [1.165, 1.54) is 6.92 Å². The van der Waals surface area contributed by atoms with Gasteiger partial charge in [0.1, 0.15) is 0 Å². The lowest BCUT2D eigenvalue weighted by molar-refractivity contribution is -0.116. The lowest BCUT2D eigenvalue weighted by Crippen LogP contribution is -2.34. The zero-order valence-electron chi connectivity index (χ0n) is 14.4. The summed E-state index contributed by atoms with van der Waals surface area (Å²) in [5.74, 6) is -0.0209. The fraction of sp³-hybridized carbons (Fsp3) is 0.316. The van der Waals surface area contributed by atoms with Crippen LogP contribution in [0, 0.1) is 0 Å². The summed E-state index contributed by atoms with van der Waals surface area (Å²) in [5, 5.41) is 0. The Morgan fingerprint density at radius 1 is 1.16 bits per heavy atom. The molecule has 0 fully saturated rings. The van der Waals surface area contributed by atoms with Gasteiger partial charge in [-0.2, -0.15) is 0 Å². The fourth-order valence-electron chi connectivity index (χ4n) is 3.18. The number of rotatable bonds is 4. The van der Waals surface area contributed by atoms with Crippen LogP contribution < -0.4 is 9.62 Å². The average molecular weight is 358 g/mol. The molecule has 25 heavy (non-hydrogen) atoms. The summed E-state index contributed by atoms with van der Waals surface area (Å²) in [7, 11) is -3.63. The van der Waals surface area contributed by atoms with E-state index in [4.69, 9.17) is 0 Å². The first kappa shape index (κ1) is 17.6. The summed E-state index contributed by atoms with van der Waals surface area (Å²) in [6.45, 7) is 4.03. The van der Waals surface area contributed by atoms with Gasteiger partial charge in [-0.05, 0) is 49.1 Å². The molecule has 0 spiro atoms. The molecule has 2 aromatic rings. The van der Waals surface area contributed by atoms with Crippen molar-refractivity contribution in [2.24, 2.45) is 0 Å². The Balaban J connectivity index is 1.87. The standard InChI is InChI=1S/C19H22N2O3S/c1-14(16-7-4-3-5-8-16)20-25(23,24)18-10-11-19-17(13-18)9-6-12-21(19)15(2)22/h3-5,7-8,10-11,13-14,20H,6,9,12H2,1-2H3. The molecule has 1 N–H and O–H groups in total. The summed E-state index contributed by atoms with van der Waals surface area (Å²) >= 11 is 0. The number of hydrogen-bond acceptors (Lipinski definition) is 3. The van der Waals surface area contributed by atoms with Gasteiger partial charge in [0.2, 0.25) is 15.9 Å². The number of anilines is 1. The van der Waals surface area contributed by atoms with Gasteiger partial charge in [0.15, 0.2) is 0 Å². The van der Waals surface area contributed by atoms with Gasteiger partial charge >= 0.3 is 0 Å². The van der Waals surface area contributed by atoms with Crippen LogP contribution in [-0.4, -0.2) is 20.9 Å². The maximum Gasteiger partial charge on any atom is 0.241 e. The Labute approximate surface area is 148 Å². The highest BCUT2D eigenvalue weighted by molar-refractivity contribution is 7.89. The van der Waals surface area contributed by atoms with Gasteiger partial charge in [0, 0.05) is 25.2 Å². The smallest absolute Gasteiger partial charge is 0.241 e. The van der Waals surface area contributed by atoms with Crippen molar-refractivity contribution in [3.63, 3.8) is 0 Å². The van der Waals surface area contributed by atoms with Gasteiger partial charge < -0.3 is 4.90 Å². The minimum atomic E-state index is -3.63. The number of carbonyl (C=O) groups excluding carboxylic acids is 1. The zero-order chi connectivity index (χ0) is 18.0. The number of fused-ring (bicyclic) bond motifs is 1. The highest BCUT2D eigenvalue weighted by Crippen LogP contribution is 2.30. The third kappa shape index (κ3) is 3.75. The molecule has 0 aliphatic carbocycles. The molecule has 0 saturated heterocycles. The Bertz CT molecular complexity index is 879. The van der Waals surface area contributed by atoms with Gasteiger partial charge in [-0.25, -0.2) is 13.1 Å². The average Bonchev–Trinajstić information content (AvgIpc) is 2.61. The van der Waals surface area contributed by atoms with E-state index >= 15 is 0 Å². The molecule has 1 aliphatic heterocycles. The number of benzene rings is 2. The molecular weight excluding hydrogens is 336 g/mol. The predicted octanol–water partition coefficient (Wildman–Crippen LogP) is 3.03. The fourth-order valence-corrected chi connectivity index (χ4v) is 4.46. The Kier molecular flexibility index (Phi) is 4.92. The lowest BCUT2D eigenvalue weighted by atomic mass is 10.0. The van der Waals surface area contributed by atoms with E-state index in [1.54, 1.807) is 23.1 Å². The molecule has 1 atom stereocenters. The van der Waals surface area contributed by atoms with Crippen LogP contribution in [0.2, 0.25) is 0 Å². The van der Waals surface area contributed by atoms with Crippen molar-refractivity contribution in [2.75, 3.05) is 11.4 Å². The molecule has 0 saturated carbocycles. The van der Waals surface area contributed by atoms with Crippen LogP contribution in [0.25, 0.3) is 0 Å². The molecule has 2 aromatic carbocycles. The van der Waals surface area contributed by atoms with Gasteiger partial charge in [-0.1, -0.05) is 30.3 Å². The number of nitrogens with zero attached hydrogens (tertiary/aromatic N) is 1. The summed E-state index contributed by atoms with van der Waals surface area (Å²) in [6.07, 6.45) is 1.61. The van der Waals surface area contributed by atoms with Crippen LogP contribution in [0.15, 0.2) is 53.4 Å². The van der Waals surface area contributed by atoms with E-state index in [0.29, 0.717) is 6.54 Å². The minimum absolute atomic E-state index is 0.0209. The number of nitrogens with one attached hydrogen (secondary N) is 1. The number of hydrogen-bond donors (Lipinski definition) is 1. The minimum Gasteiger partial charge on any atom is -0.312 e. The molecule has 1 aliphatic rings. The lowest BCUT2D eigenvalue weighted by Gasteiger charge is -2.29. The molecule has 0 radical (unpaired) electrons. The van der Waals surface area contributed by atoms with Gasteiger partial charge in [-0.3, -0.25) is 4.79 Å². The number of sulfonamides is 1. The molecule has 0 aromatic heterocycles. The largest absolute Gasteiger partial charge is 0.312 e. The zero-order valence-corrected chi connectivity index (χ0v) is 15.2. The normalized spacial score (nSPS) is 15.5. The first-order chi connectivity index (χ1) is 11.9. The quantitative estimate of drug-likeness (QED) is 0.913. The Morgan fingerprint density at radius 3 is 2.56 bits per heavy atom. The molecule has 1 unspecified atom stereocenters. The van der Waals surface area contributed by atoms with Crippen molar-refractivity contribution in [3.8, 4) is 0 Å². The molecule has 1 heterocycles. The summed E-state index contributed by atoms with van der Waals surface area (Å²) < 4.78 is 28.2. The molecule has 3 rings (SSSR count). The van der Waals surface area contributed by atoms with E-state index in [-0.39, 0.29) is 16.8 Å². The van der Waals surface area contributed by atoms with Crippen molar-refractivity contribution in [3.05, 3.63) is 59.7 Å². The summed E-state index contributed by atoms with van der Waals surface area (Å²) in [6, 6.07) is 14.1. The van der Waals surface area contributed by atoms with Crippen molar-refractivity contribution >= 4 is 21.6 Å². The van der Waals surface area contributed by atoms with Gasteiger partial charge in [0.05, 0.1) is 4.90 Å². The molecule has 6 heteroatoms. The van der Waals surface area contributed by atoms with Crippen LogP contribution in [-0.2, 0) is 21.2 Å². The molecule has 132 valence electrons. The third-order valence-corrected chi connectivity index (χ3v) is 6.03. The second-order valence-electron chi connectivity index (χ2n) is 6.32. The highest BCUT2D eigenvalue weighted by atomic mass is 32.2. The van der Waals surface area contributed by atoms with Crippen LogP contribution in [0.4, 0.5) is 5.69 Å². The van der Waals surface area contributed by atoms with Crippen molar-refractivity contribution in [2.45, 2.75) is 37.6 Å². The molecule has 0 bridgehead atoms. The molecule has 1 amide bonds. The van der Waals surface area contributed by atoms with E-state index in [1.807, 2.05) is 37.3 Å². The topological polar surface area (TPSA) is 66.5 Å². The van der Waals surface area contributed by atoms with Crippen LogP contribution in [0.3, 0.4) is 0 Å². The second kappa shape index (κ2) is 6.98. The first-order valence-electron chi connectivity index (χ1n) is 8.37. The van der Waals surface area contributed by atoms with Crippen LogP contribution in [0.1, 0.15) is 37.4 Å². The van der Waals surface area contributed by atoms with Crippen LogP contribution >= 0.6 is 0 Å². The Morgan fingerprint density at radius 2 is 1.88 bits per heavy atom. The van der Waals surface area contributed by atoms with Crippen molar-refractivity contribution in [1.29, 1.82) is 0 Å². The number of aryl methyl sites for hydroxylation is 1. The summed E-state index contributed by atoms with van der Waals surface area (Å²) in [4.78, 5) is 13.7.